The molecule has 3 N–H and O–H groups in total. The van der Waals surface area contributed by atoms with Crippen LogP contribution in [0.5, 0.6) is 5.75 Å². The summed E-state index contributed by atoms with van der Waals surface area (Å²) in [6.07, 6.45) is 4.87. The molecular formula is C18H24ClN5O3. The second-order valence-corrected chi connectivity index (χ2v) is 6.17. The molecule has 0 aliphatic carbocycles. The van der Waals surface area contributed by atoms with Gasteiger partial charge in [-0.25, -0.2) is 0 Å². The predicted octanol–water partition coefficient (Wildman–Crippen LogP) is 1.15. The largest absolute Gasteiger partial charge is 0.484 e. The Hall–Kier alpha value is -2.58. The molecule has 0 bridgehead atoms. The van der Waals surface area contributed by atoms with E-state index in [1.54, 1.807) is 42.2 Å². The van der Waals surface area contributed by atoms with Crippen LogP contribution >= 0.6 is 12.4 Å². The molecule has 2 aromatic rings. The number of rotatable bonds is 6. The summed E-state index contributed by atoms with van der Waals surface area (Å²) in [6, 6.07) is 8.79. The smallest absolute Gasteiger partial charge is 0.257 e. The number of halogens is 1. The molecule has 1 fully saturated rings. The summed E-state index contributed by atoms with van der Waals surface area (Å²) in [5.41, 5.74) is -0.0179. The second kappa shape index (κ2) is 9.38. The number of nitrogens with one attached hydrogen (secondary N) is 3. The monoisotopic (exact) mass is 393 g/mol. The Bertz CT molecular complexity index is 743. The Balaban J connectivity index is 0.00000261. The fourth-order valence-electron chi connectivity index (χ4n) is 3.03. The van der Waals surface area contributed by atoms with Crippen molar-refractivity contribution < 1.29 is 14.3 Å². The summed E-state index contributed by atoms with van der Waals surface area (Å²) in [7, 11) is 1.56. The third kappa shape index (κ3) is 4.78. The maximum atomic E-state index is 13.0. The van der Waals surface area contributed by atoms with Gasteiger partial charge in [0.05, 0.1) is 0 Å². The number of benzene rings is 1. The van der Waals surface area contributed by atoms with E-state index < -0.39 is 5.54 Å². The molecule has 1 aliphatic rings. The maximum Gasteiger partial charge on any atom is 0.257 e. The van der Waals surface area contributed by atoms with Crippen molar-refractivity contribution in [3.63, 3.8) is 0 Å². The van der Waals surface area contributed by atoms with Crippen LogP contribution in [0.2, 0.25) is 0 Å². The maximum absolute atomic E-state index is 13.0. The molecule has 27 heavy (non-hydrogen) atoms. The van der Waals surface area contributed by atoms with E-state index in [0.29, 0.717) is 24.3 Å². The number of likely N-dealkylation sites (N-methyl/N-ethyl adjacent to an activating group) is 1. The molecule has 9 heteroatoms. The Morgan fingerprint density at radius 3 is 2.56 bits per heavy atom. The highest BCUT2D eigenvalue weighted by Crippen LogP contribution is 2.29. The number of carbonyl (C=O) groups excluding carboxylic acids is 2. The summed E-state index contributed by atoms with van der Waals surface area (Å²) in [5, 5.41) is 13.1. The molecule has 0 spiro atoms. The highest BCUT2D eigenvalue weighted by molar-refractivity contribution is 5.96. The van der Waals surface area contributed by atoms with Gasteiger partial charge in [0.1, 0.15) is 11.3 Å². The summed E-state index contributed by atoms with van der Waals surface area (Å²) in [5.74, 6) is 0.284. The minimum atomic E-state index is -0.691. The Morgan fingerprint density at radius 2 is 1.96 bits per heavy atom. The Morgan fingerprint density at radius 1 is 1.26 bits per heavy atom. The van der Waals surface area contributed by atoms with E-state index >= 15 is 0 Å². The molecule has 146 valence electrons. The van der Waals surface area contributed by atoms with Gasteiger partial charge in [-0.15, -0.1) is 12.4 Å². The number of hydrogen-bond acceptors (Lipinski definition) is 5. The standard InChI is InChI=1S/C18H23N5O3.ClH/c1-19-16(24)13-26-15-5-3-14(4-6-15)22-17(25)18(7-10-20-11-8-18)23-12-2-9-21-23;/h2-6,9,12,20H,7-8,10-11,13H2,1H3,(H,19,24)(H,22,25);1H. The Kier molecular flexibility index (Phi) is 7.20. The van der Waals surface area contributed by atoms with Crippen molar-refractivity contribution in [3.8, 4) is 5.75 Å². The molecule has 0 atom stereocenters. The van der Waals surface area contributed by atoms with Crippen molar-refractivity contribution in [2.24, 2.45) is 0 Å². The average Bonchev–Trinajstić information content (AvgIpc) is 3.23. The number of anilines is 1. The van der Waals surface area contributed by atoms with Crippen LogP contribution in [0.25, 0.3) is 0 Å². The SMILES string of the molecule is CNC(=O)COc1ccc(NC(=O)C2(n3cccn3)CCNCC2)cc1.Cl. The van der Waals surface area contributed by atoms with Gasteiger partial charge < -0.3 is 20.7 Å². The molecule has 1 aromatic heterocycles. The quantitative estimate of drug-likeness (QED) is 0.684. The third-order valence-corrected chi connectivity index (χ3v) is 4.56. The van der Waals surface area contributed by atoms with Gasteiger partial charge in [0.25, 0.3) is 11.8 Å². The highest BCUT2D eigenvalue weighted by Gasteiger charge is 2.42. The number of amides is 2. The van der Waals surface area contributed by atoms with Crippen molar-refractivity contribution in [3.05, 3.63) is 42.7 Å². The normalized spacial score (nSPS) is 15.3. The molecule has 1 aliphatic heterocycles. The molecule has 0 unspecified atom stereocenters. The van der Waals surface area contributed by atoms with E-state index in [4.69, 9.17) is 4.74 Å². The van der Waals surface area contributed by atoms with Crippen LogP contribution in [-0.2, 0) is 15.1 Å². The molecule has 3 rings (SSSR count). The topological polar surface area (TPSA) is 97.3 Å². The van der Waals surface area contributed by atoms with Crippen molar-refractivity contribution in [1.82, 2.24) is 20.4 Å². The molecule has 1 saturated heterocycles. The van der Waals surface area contributed by atoms with Crippen molar-refractivity contribution in [2.75, 3.05) is 32.1 Å². The average molecular weight is 394 g/mol. The van der Waals surface area contributed by atoms with Gasteiger partial charge in [-0.2, -0.15) is 5.10 Å². The molecule has 2 heterocycles. The zero-order valence-electron chi connectivity index (χ0n) is 15.1. The minimum Gasteiger partial charge on any atom is -0.484 e. The van der Waals surface area contributed by atoms with Crippen LogP contribution in [0.15, 0.2) is 42.7 Å². The van der Waals surface area contributed by atoms with Crippen LogP contribution < -0.4 is 20.7 Å². The number of piperidine rings is 1. The van der Waals surface area contributed by atoms with E-state index in [0.717, 1.165) is 13.1 Å². The van der Waals surface area contributed by atoms with Gasteiger partial charge >= 0.3 is 0 Å². The number of ether oxygens (including phenoxy) is 1. The molecule has 8 nitrogen and oxygen atoms in total. The zero-order chi connectivity index (χ0) is 18.4. The fourth-order valence-corrected chi connectivity index (χ4v) is 3.03. The lowest BCUT2D eigenvalue weighted by molar-refractivity contribution is -0.126. The van der Waals surface area contributed by atoms with E-state index in [1.165, 1.54) is 0 Å². The fraction of sp³-hybridized carbons (Fsp3) is 0.389. The molecular weight excluding hydrogens is 370 g/mol. The van der Waals surface area contributed by atoms with Crippen LogP contribution in [0, 0.1) is 0 Å². The van der Waals surface area contributed by atoms with Crippen LogP contribution in [0.3, 0.4) is 0 Å². The van der Waals surface area contributed by atoms with Gasteiger partial charge in [-0.1, -0.05) is 0 Å². The lowest BCUT2D eigenvalue weighted by Crippen LogP contribution is -2.52. The minimum absolute atomic E-state index is 0. The van der Waals surface area contributed by atoms with Crippen LogP contribution in [0.4, 0.5) is 5.69 Å². The van der Waals surface area contributed by atoms with Gasteiger partial charge in [0, 0.05) is 25.1 Å². The molecule has 1 aromatic carbocycles. The number of aromatic nitrogens is 2. The number of carbonyl (C=O) groups is 2. The predicted molar refractivity (Wildman–Crippen MR) is 104 cm³/mol. The number of hydrogen-bond donors (Lipinski definition) is 3. The van der Waals surface area contributed by atoms with Crippen molar-refractivity contribution >= 4 is 29.9 Å². The summed E-state index contributed by atoms with van der Waals surface area (Å²) >= 11 is 0. The van der Waals surface area contributed by atoms with Gasteiger partial charge in [0.2, 0.25) is 0 Å². The van der Waals surface area contributed by atoms with E-state index in [-0.39, 0.29) is 30.8 Å². The van der Waals surface area contributed by atoms with Gasteiger partial charge in [-0.05, 0) is 56.3 Å². The number of nitrogens with zero attached hydrogens (tertiary/aromatic N) is 2. The summed E-state index contributed by atoms with van der Waals surface area (Å²) in [6.45, 7) is 1.48. The van der Waals surface area contributed by atoms with E-state index in [1.807, 2.05) is 12.3 Å². The first kappa shape index (κ1) is 20.7. The summed E-state index contributed by atoms with van der Waals surface area (Å²) < 4.78 is 7.12. The van der Waals surface area contributed by atoms with Crippen molar-refractivity contribution in [1.29, 1.82) is 0 Å². The first-order chi connectivity index (χ1) is 12.6. The first-order valence-corrected chi connectivity index (χ1v) is 8.60. The molecule has 2 amide bonds. The van der Waals surface area contributed by atoms with E-state index in [9.17, 15) is 9.59 Å². The van der Waals surface area contributed by atoms with E-state index in [2.05, 4.69) is 21.0 Å². The lowest BCUT2D eigenvalue weighted by atomic mass is 9.87. The van der Waals surface area contributed by atoms with Gasteiger partial charge in [-0.3, -0.25) is 14.3 Å². The molecule has 0 saturated carbocycles. The Labute approximate surface area is 164 Å². The van der Waals surface area contributed by atoms with Crippen LogP contribution in [0.1, 0.15) is 12.8 Å². The molecule has 0 radical (unpaired) electrons. The lowest BCUT2D eigenvalue weighted by Gasteiger charge is -2.36. The van der Waals surface area contributed by atoms with Crippen LogP contribution in [-0.4, -0.2) is 48.3 Å². The zero-order valence-corrected chi connectivity index (χ0v) is 15.9. The summed E-state index contributed by atoms with van der Waals surface area (Å²) in [4.78, 5) is 24.3. The highest BCUT2D eigenvalue weighted by atomic mass is 35.5. The van der Waals surface area contributed by atoms with Gasteiger partial charge in [0.15, 0.2) is 6.61 Å². The third-order valence-electron chi connectivity index (χ3n) is 4.56. The first-order valence-electron chi connectivity index (χ1n) is 8.60. The second-order valence-electron chi connectivity index (χ2n) is 6.17. The van der Waals surface area contributed by atoms with Crippen molar-refractivity contribution in [2.45, 2.75) is 18.4 Å².